The van der Waals surface area contributed by atoms with Crippen molar-refractivity contribution in [3.63, 3.8) is 0 Å². The standard InChI is InChI=1S/C25H23NS/c1-15-11-12-26-24-19-8-6-5-7-17(19)18-9-10-21-20(23(18)22(15)24)13-16(27-21)14-25(2,3)4/h5-13H,14H2,1-4H3/i1D3,14D2. The number of aryl methyl sites for hydroxylation is 1. The third kappa shape index (κ3) is 2.62. The molecular formula is C25H23NS. The third-order valence-electron chi connectivity index (χ3n) is 4.87. The highest BCUT2D eigenvalue weighted by Gasteiger charge is 2.17. The molecule has 0 saturated carbocycles. The van der Waals surface area contributed by atoms with Crippen LogP contribution in [0.15, 0.2) is 54.7 Å². The third-order valence-corrected chi connectivity index (χ3v) is 5.89. The Morgan fingerprint density at radius 2 is 1.78 bits per heavy atom. The minimum atomic E-state index is -2.29. The van der Waals surface area contributed by atoms with Crippen LogP contribution in [0.25, 0.3) is 42.5 Å². The largest absolute Gasteiger partial charge is 0.256 e. The first-order valence-electron chi connectivity index (χ1n) is 11.6. The highest BCUT2D eigenvalue weighted by molar-refractivity contribution is 7.19. The number of benzene rings is 3. The van der Waals surface area contributed by atoms with Crippen molar-refractivity contribution in [3.05, 3.63) is 65.2 Å². The second-order valence-corrected chi connectivity index (χ2v) is 9.10. The van der Waals surface area contributed by atoms with Gasteiger partial charge in [0.15, 0.2) is 0 Å². The molecule has 1 nitrogen and oxygen atoms in total. The Hall–Kier alpha value is -2.45. The lowest BCUT2D eigenvalue weighted by Crippen LogP contribution is -2.07. The normalized spacial score (nSPS) is 16.3. The van der Waals surface area contributed by atoms with Crippen LogP contribution < -0.4 is 0 Å². The monoisotopic (exact) mass is 374 g/mol. The van der Waals surface area contributed by atoms with Crippen LogP contribution in [0.3, 0.4) is 0 Å². The summed E-state index contributed by atoms with van der Waals surface area (Å²) in [5.74, 6) is 0. The summed E-state index contributed by atoms with van der Waals surface area (Å²) in [6.45, 7) is 3.40. The molecule has 0 bridgehead atoms. The van der Waals surface area contributed by atoms with Gasteiger partial charge in [-0.05, 0) is 53.2 Å². The maximum absolute atomic E-state index is 8.77. The molecule has 0 amide bonds. The van der Waals surface area contributed by atoms with Gasteiger partial charge in [0, 0.05) is 44.2 Å². The van der Waals surface area contributed by atoms with Crippen LogP contribution in [-0.4, -0.2) is 4.98 Å². The Balaban J connectivity index is 2.05. The number of aromatic nitrogens is 1. The fourth-order valence-corrected chi connectivity index (χ4v) is 5.06. The van der Waals surface area contributed by atoms with Gasteiger partial charge in [-0.1, -0.05) is 51.1 Å². The van der Waals surface area contributed by atoms with E-state index in [9.17, 15) is 0 Å². The molecule has 0 aliphatic rings. The van der Waals surface area contributed by atoms with Gasteiger partial charge in [-0.25, -0.2) is 0 Å². The average molecular weight is 375 g/mol. The summed E-state index contributed by atoms with van der Waals surface area (Å²) in [6, 6.07) is 15.5. The number of fused-ring (bicyclic) bond motifs is 8. The Bertz CT molecular complexity index is 1520. The van der Waals surface area contributed by atoms with E-state index in [1.165, 1.54) is 11.3 Å². The van der Waals surface area contributed by atoms with Gasteiger partial charge in [0.05, 0.1) is 5.52 Å². The van der Waals surface area contributed by atoms with E-state index in [-0.39, 0.29) is 5.56 Å². The van der Waals surface area contributed by atoms with Gasteiger partial charge >= 0.3 is 0 Å². The SMILES string of the molecule is [2H]C([2H])([2H])c1ccnc2c3ccccc3c3ccc4sc(C([2H])([2H])C(C)(C)C)cc4c3c12. The van der Waals surface area contributed by atoms with Gasteiger partial charge < -0.3 is 0 Å². The molecule has 0 aliphatic heterocycles. The molecule has 0 atom stereocenters. The van der Waals surface area contributed by atoms with E-state index in [1.807, 2.05) is 63.2 Å². The second-order valence-electron chi connectivity index (χ2n) is 8.01. The van der Waals surface area contributed by atoms with E-state index in [0.29, 0.717) is 15.8 Å². The molecule has 3 aromatic carbocycles. The van der Waals surface area contributed by atoms with Crippen molar-refractivity contribution >= 4 is 53.9 Å². The van der Waals surface area contributed by atoms with E-state index >= 15 is 0 Å². The summed E-state index contributed by atoms with van der Waals surface area (Å²) in [5.41, 5.74) is 0.363. The number of nitrogens with zero attached hydrogens (tertiary/aromatic N) is 1. The van der Waals surface area contributed by atoms with Crippen LogP contribution in [0.5, 0.6) is 0 Å². The molecule has 0 unspecified atom stereocenters. The number of pyridine rings is 1. The fraction of sp³-hybridized carbons (Fsp3) is 0.240. The van der Waals surface area contributed by atoms with Crippen molar-refractivity contribution in [1.82, 2.24) is 4.98 Å². The summed E-state index contributed by atoms with van der Waals surface area (Å²) in [7, 11) is 0. The molecule has 2 aromatic heterocycles. The number of hydrogen-bond donors (Lipinski definition) is 0. The van der Waals surface area contributed by atoms with Crippen LogP contribution in [0.4, 0.5) is 0 Å². The lowest BCUT2D eigenvalue weighted by atomic mass is 9.90. The zero-order valence-electron chi connectivity index (χ0n) is 20.6. The second kappa shape index (κ2) is 5.77. The molecule has 5 aromatic rings. The quantitative estimate of drug-likeness (QED) is 0.274. The summed E-state index contributed by atoms with van der Waals surface area (Å²) in [5, 5.41) is 5.24. The predicted octanol–water partition coefficient (Wildman–Crippen LogP) is 7.65. The summed E-state index contributed by atoms with van der Waals surface area (Å²) in [4.78, 5) is 5.26. The highest BCUT2D eigenvalue weighted by atomic mass is 32.1. The smallest absolute Gasteiger partial charge is 0.0789 e. The molecular weight excluding hydrogens is 346 g/mol. The van der Waals surface area contributed by atoms with E-state index in [2.05, 4.69) is 4.98 Å². The average Bonchev–Trinajstić information content (AvgIpc) is 3.17. The Morgan fingerprint density at radius 3 is 2.56 bits per heavy atom. The molecule has 0 radical (unpaired) electrons. The molecule has 0 aliphatic carbocycles. The van der Waals surface area contributed by atoms with Crippen molar-refractivity contribution in [2.24, 2.45) is 5.41 Å². The molecule has 0 N–H and O–H groups in total. The predicted molar refractivity (Wildman–Crippen MR) is 120 cm³/mol. The van der Waals surface area contributed by atoms with E-state index in [1.54, 1.807) is 12.3 Å². The number of rotatable bonds is 1. The van der Waals surface area contributed by atoms with E-state index in [4.69, 9.17) is 6.85 Å². The lowest BCUT2D eigenvalue weighted by molar-refractivity contribution is 0.415. The van der Waals surface area contributed by atoms with E-state index < -0.39 is 18.6 Å². The lowest BCUT2D eigenvalue weighted by Gasteiger charge is -2.16. The maximum atomic E-state index is 8.77. The van der Waals surface area contributed by atoms with Crippen LogP contribution in [0, 0.1) is 12.3 Å². The van der Waals surface area contributed by atoms with Crippen LogP contribution in [0.1, 0.15) is 38.1 Å². The van der Waals surface area contributed by atoms with E-state index in [0.717, 1.165) is 31.6 Å². The maximum Gasteiger partial charge on any atom is 0.0789 e. The summed E-state index contributed by atoms with van der Waals surface area (Å²) < 4.78 is 43.0. The van der Waals surface area contributed by atoms with Crippen LogP contribution in [0.2, 0.25) is 0 Å². The van der Waals surface area contributed by atoms with Gasteiger partial charge in [-0.15, -0.1) is 11.3 Å². The van der Waals surface area contributed by atoms with Gasteiger partial charge in [0.2, 0.25) is 0 Å². The molecule has 2 heteroatoms. The Labute approximate surface area is 170 Å². The first kappa shape index (κ1) is 12.1. The first-order chi connectivity index (χ1) is 14.9. The molecule has 27 heavy (non-hydrogen) atoms. The minimum Gasteiger partial charge on any atom is -0.256 e. The van der Waals surface area contributed by atoms with Gasteiger partial charge in [0.25, 0.3) is 0 Å². The summed E-state index contributed by atoms with van der Waals surface area (Å²) >= 11 is 1.44. The van der Waals surface area contributed by atoms with Crippen molar-refractivity contribution in [2.75, 3.05) is 0 Å². The molecule has 134 valence electrons. The summed E-state index contributed by atoms with van der Waals surface area (Å²) in [6.07, 6.45) is 0.0422. The molecule has 2 heterocycles. The Kier molecular flexibility index (Phi) is 2.59. The zero-order valence-corrected chi connectivity index (χ0v) is 16.4. The van der Waals surface area contributed by atoms with Gasteiger partial charge in [-0.2, -0.15) is 0 Å². The fourth-order valence-electron chi connectivity index (χ4n) is 3.88. The van der Waals surface area contributed by atoms with Crippen molar-refractivity contribution in [1.29, 1.82) is 0 Å². The number of thiophene rings is 1. The van der Waals surface area contributed by atoms with Gasteiger partial charge in [-0.3, -0.25) is 4.98 Å². The highest BCUT2D eigenvalue weighted by Crippen LogP contribution is 2.42. The minimum absolute atomic E-state index is 0.275. The van der Waals surface area contributed by atoms with Crippen molar-refractivity contribution < 1.29 is 6.85 Å². The molecule has 0 fully saturated rings. The molecule has 5 rings (SSSR count). The molecule has 0 spiro atoms. The zero-order chi connectivity index (χ0) is 23.1. The topological polar surface area (TPSA) is 12.9 Å². The van der Waals surface area contributed by atoms with Crippen LogP contribution in [-0.2, 0) is 6.37 Å². The van der Waals surface area contributed by atoms with Crippen LogP contribution >= 0.6 is 11.3 Å². The van der Waals surface area contributed by atoms with Crippen molar-refractivity contribution in [3.8, 4) is 0 Å². The molecule has 0 saturated heterocycles. The Morgan fingerprint density at radius 1 is 0.963 bits per heavy atom. The van der Waals surface area contributed by atoms with Gasteiger partial charge in [0.1, 0.15) is 0 Å². The number of hydrogen-bond acceptors (Lipinski definition) is 2. The first-order valence-corrected chi connectivity index (χ1v) is 9.89. The van der Waals surface area contributed by atoms with Crippen molar-refractivity contribution in [2.45, 2.75) is 34.0 Å².